The molecule has 4 heteroatoms. The minimum atomic E-state index is 0.540. The Labute approximate surface area is 85.3 Å². The Kier molecular flexibility index (Phi) is 6.45. The summed E-state index contributed by atoms with van der Waals surface area (Å²) in [6.07, 6.45) is 0.771. The molecule has 0 N–H and O–H groups in total. The lowest BCUT2D eigenvalue weighted by atomic mass is 10.4. The van der Waals surface area contributed by atoms with E-state index in [9.17, 15) is 0 Å². The summed E-state index contributed by atoms with van der Waals surface area (Å²) in [4.78, 5) is 8.21. The Morgan fingerprint density at radius 1 is 1.07 bits per heavy atom. The molecule has 0 saturated heterocycles. The van der Waals surface area contributed by atoms with Crippen molar-refractivity contribution in [2.45, 2.75) is 27.2 Å². The highest BCUT2D eigenvalue weighted by atomic mass is 16.5. The first-order valence-electron chi connectivity index (χ1n) is 4.76. The van der Waals surface area contributed by atoms with Crippen LogP contribution in [0.4, 0.5) is 0 Å². The van der Waals surface area contributed by atoms with Crippen LogP contribution in [0.5, 0.6) is 11.8 Å². The van der Waals surface area contributed by atoms with Gasteiger partial charge in [-0.15, -0.1) is 0 Å². The van der Waals surface area contributed by atoms with Crippen molar-refractivity contribution in [1.29, 1.82) is 0 Å². The van der Waals surface area contributed by atoms with Gasteiger partial charge in [0.1, 0.15) is 5.82 Å². The van der Waals surface area contributed by atoms with Crippen molar-refractivity contribution in [2.75, 3.05) is 14.2 Å². The van der Waals surface area contributed by atoms with Crippen molar-refractivity contribution < 1.29 is 9.47 Å². The maximum atomic E-state index is 4.97. The molecule has 0 aliphatic heterocycles. The Morgan fingerprint density at radius 2 is 1.50 bits per heavy atom. The molecule has 14 heavy (non-hydrogen) atoms. The Hall–Kier alpha value is -1.32. The average Bonchev–Trinajstić information content (AvgIpc) is 2.30. The highest BCUT2D eigenvalue weighted by Gasteiger charge is 2.02. The second kappa shape index (κ2) is 7.12. The molecule has 0 amide bonds. The van der Waals surface area contributed by atoms with Crippen molar-refractivity contribution in [3.05, 3.63) is 11.9 Å². The van der Waals surface area contributed by atoms with E-state index in [-0.39, 0.29) is 0 Å². The fraction of sp³-hybridized carbons (Fsp3) is 0.600. The monoisotopic (exact) mass is 198 g/mol. The maximum Gasteiger partial charge on any atom is 0.220 e. The summed E-state index contributed by atoms with van der Waals surface area (Å²) < 4.78 is 9.94. The molecular formula is C10H18N2O2. The van der Waals surface area contributed by atoms with Crippen LogP contribution >= 0.6 is 0 Å². The predicted octanol–water partition coefficient (Wildman–Crippen LogP) is 2.08. The van der Waals surface area contributed by atoms with Gasteiger partial charge in [0, 0.05) is 6.42 Å². The number of rotatable bonds is 3. The molecule has 80 valence electrons. The van der Waals surface area contributed by atoms with Crippen LogP contribution in [0.1, 0.15) is 26.6 Å². The zero-order valence-electron chi connectivity index (χ0n) is 9.50. The third-order valence-corrected chi connectivity index (χ3v) is 1.46. The number of hydrogen-bond donors (Lipinski definition) is 0. The molecule has 0 aliphatic carbocycles. The topological polar surface area (TPSA) is 44.2 Å². The second-order valence-electron chi connectivity index (χ2n) is 2.22. The molecular weight excluding hydrogens is 180 g/mol. The second-order valence-corrected chi connectivity index (χ2v) is 2.22. The van der Waals surface area contributed by atoms with Crippen molar-refractivity contribution in [3.63, 3.8) is 0 Å². The van der Waals surface area contributed by atoms with E-state index in [0.717, 1.165) is 12.2 Å². The third kappa shape index (κ3) is 3.60. The summed E-state index contributed by atoms with van der Waals surface area (Å²) in [6, 6.07) is 1.65. The standard InChI is InChI=1S/C8H12N2O2.C2H6/c1-4-6-9-7(11-2)5-8(10-6)12-3;1-2/h5H,4H2,1-3H3;1-2H3. The van der Waals surface area contributed by atoms with Crippen LogP contribution in [0.2, 0.25) is 0 Å². The molecule has 0 aromatic carbocycles. The minimum absolute atomic E-state index is 0.540. The lowest BCUT2D eigenvalue weighted by Gasteiger charge is -2.03. The number of hydrogen-bond acceptors (Lipinski definition) is 4. The van der Waals surface area contributed by atoms with E-state index in [2.05, 4.69) is 9.97 Å². The van der Waals surface area contributed by atoms with Gasteiger partial charge in [-0.1, -0.05) is 20.8 Å². The van der Waals surface area contributed by atoms with Gasteiger partial charge in [-0.25, -0.2) is 0 Å². The zero-order valence-corrected chi connectivity index (χ0v) is 9.50. The smallest absolute Gasteiger partial charge is 0.220 e. The van der Waals surface area contributed by atoms with Crippen molar-refractivity contribution in [2.24, 2.45) is 0 Å². The van der Waals surface area contributed by atoms with Gasteiger partial charge in [0.25, 0.3) is 0 Å². The van der Waals surface area contributed by atoms with E-state index in [1.165, 1.54) is 0 Å². The summed E-state index contributed by atoms with van der Waals surface area (Å²) in [5.74, 6) is 1.81. The van der Waals surface area contributed by atoms with Crippen LogP contribution in [0.15, 0.2) is 6.07 Å². The Balaban J connectivity index is 0.000000791. The van der Waals surface area contributed by atoms with Crippen LogP contribution in [0, 0.1) is 0 Å². The first-order chi connectivity index (χ1) is 6.80. The number of methoxy groups -OCH3 is 2. The summed E-state index contributed by atoms with van der Waals surface area (Å²) in [5, 5.41) is 0. The van der Waals surface area contributed by atoms with Crippen LogP contribution in [-0.2, 0) is 6.42 Å². The lowest BCUT2D eigenvalue weighted by molar-refractivity contribution is 0.368. The zero-order chi connectivity index (χ0) is 11.0. The van der Waals surface area contributed by atoms with Crippen molar-refractivity contribution in [3.8, 4) is 11.8 Å². The molecule has 1 aromatic rings. The van der Waals surface area contributed by atoms with Crippen molar-refractivity contribution >= 4 is 0 Å². The molecule has 0 fully saturated rings. The maximum absolute atomic E-state index is 4.97. The molecule has 0 unspecified atom stereocenters. The molecule has 1 rings (SSSR count). The summed E-state index contributed by atoms with van der Waals surface area (Å²) in [5.41, 5.74) is 0. The van der Waals surface area contributed by atoms with E-state index >= 15 is 0 Å². The number of ether oxygens (including phenoxy) is 2. The Bertz CT molecular complexity index is 209. The van der Waals surface area contributed by atoms with Gasteiger partial charge < -0.3 is 9.47 Å². The fourth-order valence-corrected chi connectivity index (χ4v) is 0.817. The highest BCUT2D eigenvalue weighted by molar-refractivity contribution is 5.20. The number of nitrogens with zero attached hydrogens (tertiary/aromatic N) is 2. The van der Waals surface area contributed by atoms with Gasteiger partial charge in [0.15, 0.2) is 0 Å². The molecule has 1 aromatic heterocycles. The quantitative estimate of drug-likeness (QED) is 0.746. The molecule has 4 nitrogen and oxygen atoms in total. The molecule has 0 atom stereocenters. The van der Waals surface area contributed by atoms with Gasteiger partial charge in [-0.2, -0.15) is 9.97 Å². The summed E-state index contributed by atoms with van der Waals surface area (Å²) in [7, 11) is 3.14. The van der Waals surface area contributed by atoms with E-state index in [1.807, 2.05) is 20.8 Å². The molecule has 0 spiro atoms. The van der Waals surface area contributed by atoms with E-state index in [0.29, 0.717) is 11.8 Å². The van der Waals surface area contributed by atoms with E-state index < -0.39 is 0 Å². The fourth-order valence-electron chi connectivity index (χ4n) is 0.817. The van der Waals surface area contributed by atoms with Crippen LogP contribution in [-0.4, -0.2) is 24.2 Å². The number of aryl methyl sites for hydroxylation is 1. The minimum Gasteiger partial charge on any atom is -0.481 e. The molecule has 0 aliphatic rings. The number of aromatic nitrogens is 2. The average molecular weight is 198 g/mol. The Morgan fingerprint density at radius 3 is 1.79 bits per heavy atom. The van der Waals surface area contributed by atoms with Crippen molar-refractivity contribution in [1.82, 2.24) is 9.97 Å². The third-order valence-electron chi connectivity index (χ3n) is 1.46. The van der Waals surface area contributed by atoms with Gasteiger partial charge in [0.2, 0.25) is 11.8 Å². The normalized spacial score (nSPS) is 8.64. The molecule has 0 radical (unpaired) electrons. The lowest BCUT2D eigenvalue weighted by Crippen LogP contribution is -1.98. The van der Waals surface area contributed by atoms with Gasteiger partial charge in [-0.3, -0.25) is 0 Å². The SMILES string of the molecule is CC.CCc1nc(OC)cc(OC)n1. The highest BCUT2D eigenvalue weighted by Crippen LogP contribution is 2.14. The first kappa shape index (κ1) is 12.7. The van der Waals surface area contributed by atoms with Crippen LogP contribution in [0.3, 0.4) is 0 Å². The predicted molar refractivity (Wildman–Crippen MR) is 55.9 cm³/mol. The largest absolute Gasteiger partial charge is 0.481 e. The first-order valence-corrected chi connectivity index (χ1v) is 4.76. The van der Waals surface area contributed by atoms with Gasteiger partial charge >= 0.3 is 0 Å². The molecule has 0 saturated carbocycles. The van der Waals surface area contributed by atoms with Crippen LogP contribution in [0.25, 0.3) is 0 Å². The van der Waals surface area contributed by atoms with Gasteiger partial charge in [0.05, 0.1) is 20.3 Å². The summed E-state index contributed by atoms with van der Waals surface area (Å²) in [6.45, 7) is 5.98. The van der Waals surface area contributed by atoms with Crippen LogP contribution < -0.4 is 9.47 Å². The van der Waals surface area contributed by atoms with E-state index in [4.69, 9.17) is 9.47 Å². The van der Waals surface area contributed by atoms with Gasteiger partial charge in [-0.05, 0) is 0 Å². The molecule has 1 heterocycles. The van der Waals surface area contributed by atoms with E-state index in [1.54, 1.807) is 20.3 Å². The summed E-state index contributed by atoms with van der Waals surface area (Å²) >= 11 is 0. The molecule has 0 bridgehead atoms.